The van der Waals surface area contributed by atoms with Gasteiger partial charge in [-0.2, -0.15) is 5.26 Å². The van der Waals surface area contributed by atoms with Gasteiger partial charge in [-0.15, -0.1) is 0 Å². The van der Waals surface area contributed by atoms with Gasteiger partial charge in [-0.1, -0.05) is 12.8 Å². The Morgan fingerprint density at radius 3 is 2.25 bits per heavy atom. The van der Waals surface area contributed by atoms with Crippen molar-refractivity contribution in [3.05, 3.63) is 5.73 Å². The van der Waals surface area contributed by atoms with Crippen LogP contribution in [0.25, 0.3) is 5.73 Å². The third-order valence-electron chi connectivity index (χ3n) is 1.86. The Bertz CT molecular complexity index is 292. The zero-order chi connectivity index (χ0) is 13.0. The molecule has 1 atom stereocenters. The lowest BCUT2D eigenvalue weighted by atomic mass is 10.1. The average Bonchev–Trinajstić information content (AvgIpc) is 2.83. The first-order chi connectivity index (χ1) is 7.09. The molecule has 0 aliphatic heterocycles. The molecule has 0 radical (unpaired) electrons. The first kappa shape index (κ1) is 14.7. The summed E-state index contributed by atoms with van der Waals surface area (Å²) in [6.45, 7) is 0.635. The monoisotopic (exact) mass is 234 g/mol. The standard InChI is InChI=1S/C5H9F2NO2.C4H5N2/c1-5(6,7)2-3(8)4(9)10;5-3-4(6)1-2-4/h3H,2,8H2,1H3,(H,9,10);6H,1-2H2/q;-1/t3-;/m0./s1. The summed E-state index contributed by atoms with van der Waals surface area (Å²) in [5, 5.41) is 16.1. The van der Waals surface area contributed by atoms with E-state index in [4.69, 9.17) is 21.8 Å². The minimum Gasteiger partial charge on any atom is -0.660 e. The number of nitrogens with two attached hydrogens (primary N) is 1. The molecule has 0 heterocycles. The molecule has 0 spiro atoms. The van der Waals surface area contributed by atoms with Gasteiger partial charge in [0.15, 0.2) is 0 Å². The van der Waals surface area contributed by atoms with Gasteiger partial charge in [0.2, 0.25) is 5.92 Å². The van der Waals surface area contributed by atoms with E-state index in [0.29, 0.717) is 6.92 Å². The molecule has 0 bridgehead atoms. The second-order valence-electron chi connectivity index (χ2n) is 3.91. The third kappa shape index (κ3) is 7.09. The maximum Gasteiger partial charge on any atom is 0.320 e. The van der Waals surface area contributed by atoms with Gasteiger partial charge in [-0.3, -0.25) is 4.79 Å². The van der Waals surface area contributed by atoms with E-state index < -0.39 is 29.9 Å². The van der Waals surface area contributed by atoms with Crippen molar-refractivity contribution in [1.29, 1.82) is 5.26 Å². The summed E-state index contributed by atoms with van der Waals surface area (Å²) in [5.74, 6) is -4.40. The maximum atomic E-state index is 12.0. The first-order valence-corrected chi connectivity index (χ1v) is 4.62. The lowest BCUT2D eigenvalue weighted by Gasteiger charge is -2.12. The zero-order valence-electron chi connectivity index (χ0n) is 8.83. The van der Waals surface area contributed by atoms with Crippen LogP contribution in [0.2, 0.25) is 0 Å². The lowest BCUT2D eigenvalue weighted by molar-refractivity contribution is -0.140. The van der Waals surface area contributed by atoms with E-state index in [0.717, 1.165) is 12.8 Å². The second kappa shape index (κ2) is 5.18. The summed E-state index contributed by atoms with van der Waals surface area (Å²) >= 11 is 0. The van der Waals surface area contributed by atoms with Crippen LogP contribution in [0, 0.1) is 11.3 Å². The maximum absolute atomic E-state index is 12.0. The van der Waals surface area contributed by atoms with Crippen LogP contribution in [0.4, 0.5) is 8.78 Å². The number of carboxylic acids is 1. The Labute approximate surface area is 92.0 Å². The average molecular weight is 234 g/mol. The number of nitriles is 1. The lowest BCUT2D eigenvalue weighted by Crippen LogP contribution is -2.35. The zero-order valence-corrected chi connectivity index (χ0v) is 8.83. The van der Waals surface area contributed by atoms with Crippen molar-refractivity contribution in [3.63, 3.8) is 0 Å². The van der Waals surface area contributed by atoms with Gasteiger partial charge in [0.1, 0.15) is 6.04 Å². The van der Waals surface area contributed by atoms with Crippen molar-refractivity contribution in [2.24, 2.45) is 5.73 Å². The van der Waals surface area contributed by atoms with E-state index in [2.05, 4.69) is 0 Å². The summed E-state index contributed by atoms with van der Waals surface area (Å²) < 4.78 is 24.0. The molecule has 16 heavy (non-hydrogen) atoms. The summed E-state index contributed by atoms with van der Waals surface area (Å²) in [5.41, 5.74) is 11.1. The van der Waals surface area contributed by atoms with Crippen LogP contribution in [-0.2, 0) is 4.79 Å². The number of nitrogens with one attached hydrogen (secondary N) is 1. The number of aliphatic carboxylic acids is 1. The molecule has 1 saturated carbocycles. The van der Waals surface area contributed by atoms with E-state index in [1.165, 1.54) is 0 Å². The number of carboxylic acid groups (broad SMARTS) is 1. The molecule has 0 aromatic heterocycles. The molecule has 4 N–H and O–H groups in total. The highest BCUT2D eigenvalue weighted by Crippen LogP contribution is 2.37. The third-order valence-corrected chi connectivity index (χ3v) is 1.86. The molecular weight excluding hydrogens is 220 g/mol. The fourth-order valence-electron chi connectivity index (χ4n) is 0.710. The van der Waals surface area contributed by atoms with Crippen LogP contribution in [0.5, 0.6) is 0 Å². The molecule has 1 aliphatic rings. The van der Waals surface area contributed by atoms with Crippen molar-refractivity contribution in [3.8, 4) is 6.07 Å². The Morgan fingerprint density at radius 1 is 1.75 bits per heavy atom. The summed E-state index contributed by atoms with van der Waals surface area (Å²) in [4.78, 5) is 9.92. The number of nitrogens with zero attached hydrogens (tertiary/aromatic N) is 1. The summed E-state index contributed by atoms with van der Waals surface area (Å²) in [7, 11) is 0. The second-order valence-corrected chi connectivity index (χ2v) is 3.91. The topological polar surface area (TPSA) is 111 Å². The van der Waals surface area contributed by atoms with Crippen LogP contribution in [0.1, 0.15) is 26.2 Å². The number of halogens is 2. The Hall–Kier alpha value is -1.26. The Kier molecular flexibility index (Phi) is 4.78. The largest absolute Gasteiger partial charge is 0.660 e. The van der Waals surface area contributed by atoms with E-state index in [1.807, 2.05) is 6.07 Å². The van der Waals surface area contributed by atoms with Gasteiger partial charge in [0.05, 0.1) is 0 Å². The van der Waals surface area contributed by atoms with Gasteiger partial charge < -0.3 is 16.6 Å². The number of rotatable bonds is 3. The minimum atomic E-state index is -3.00. The van der Waals surface area contributed by atoms with E-state index >= 15 is 0 Å². The molecule has 5 nitrogen and oxygen atoms in total. The van der Waals surface area contributed by atoms with E-state index in [-0.39, 0.29) is 0 Å². The van der Waals surface area contributed by atoms with E-state index in [9.17, 15) is 13.6 Å². The van der Waals surface area contributed by atoms with Crippen LogP contribution in [-0.4, -0.2) is 28.6 Å². The molecular formula is C9H14F2N3O2-. The molecule has 0 aromatic carbocycles. The molecule has 92 valence electrons. The van der Waals surface area contributed by atoms with Crippen LogP contribution in [0.15, 0.2) is 0 Å². The number of carbonyl (C=O) groups is 1. The molecule has 1 rings (SSSR count). The predicted molar refractivity (Wildman–Crippen MR) is 52.7 cm³/mol. The van der Waals surface area contributed by atoms with Gasteiger partial charge in [-0.25, -0.2) is 8.78 Å². The van der Waals surface area contributed by atoms with Crippen LogP contribution >= 0.6 is 0 Å². The van der Waals surface area contributed by atoms with Crippen molar-refractivity contribution in [1.82, 2.24) is 0 Å². The fraction of sp³-hybridized carbons (Fsp3) is 0.778. The highest BCUT2D eigenvalue weighted by atomic mass is 19.3. The SMILES string of the molecule is CC(F)(F)C[C@H](N)C(=O)O.N#CC1([NH-])CC1. The molecule has 1 aliphatic carbocycles. The molecule has 0 aromatic rings. The highest BCUT2D eigenvalue weighted by molar-refractivity contribution is 5.73. The minimum absolute atomic E-state index is 0.635. The number of hydrogen-bond donors (Lipinski definition) is 2. The van der Waals surface area contributed by atoms with Gasteiger partial charge >= 0.3 is 5.97 Å². The fourth-order valence-corrected chi connectivity index (χ4v) is 0.710. The predicted octanol–water partition coefficient (Wildman–Crippen LogP) is 1.54. The first-order valence-electron chi connectivity index (χ1n) is 4.62. The smallest absolute Gasteiger partial charge is 0.320 e. The molecule has 0 unspecified atom stereocenters. The molecule has 0 amide bonds. The van der Waals surface area contributed by atoms with Crippen molar-refractivity contribution >= 4 is 5.97 Å². The molecule has 0 saturated heterocycles. The number of hydrogen-bond acceptors (Lipinski definition) is 3. The van der Waals surface area contributed by atoms with Crippen LogP contribution < -0.4 is 5.73 Å². The summed E-state index contributed by atoms with van der Waals surface area (Å²) in [6, 6.07) is 0.410. The normalized spacial score (nSPS) is 18.8. The van der Waals surface area contributed by atoms with Crippen molar-refractivity contribution in [2.75, 3.05) is 0 Å². The number of alkyl halides is 2. The quantitative estimate of drug-likeness (QED) is 0.771. The summed E-state index contributed by atoms with van der Waals surface area (Å²) in [6.07, 6.45) is 0.745. The van der Waals surface area contributed by atoms with Crippen LogP contribution in [0.3, 0.4) is 0 Å². The van der Waals surface area contributed by atoms with Gasteiger partial charge in [-0.05, 0) is 12.5 Å². The molecule has 1 fully saturated rings. The van der Waals surface area contributed by atoms with Crippen molar-refractivity contribution in [2.45, 2.75) is 43.7 Å². The molecule has 7 heteroatoms. The Morgan fingerprint density at radius 2 is 2.19 bits per heavy atom. The van der Waals surface area contributed by atoms with Gasteiger partial charge in [0.25, 0.3) is 0 Å². The Balaban J connectivity index is 0.000000315. The van der Waals surface area contributed by atoms with Crippen molar-refractivity contribution < 1.29 is 18.7 Å². The van der Waals surface area contributed by atoms with Gasteiger partial charge in [0, 0.05) is 12.5 Å². The van der Waals surface area contributed by atoms with E-state index in [1.54, 1.807) is 0 Å². The highest BCUT2D eigenvalue weighted by Gasteiger charge is 2.29.